The summed E-state index contributed by atoms with van der Waals surface area (Å²) in [7, 11) is 0. The second-order valence-electron chi connectivity index (χ2n) is 8.70. The van der Waals surface area contributed by atoms with Gasteiger partial charge in [0.25, 0.3) is 5.91 Å². The fraction of sp³-hybridized carbons (Fsp3) is 0.593. The van der Waals surface area contributed by atoms with Crippen molar-refractivity contribution in [2.45, 2.75) is 72.3 Å². The molecule has 1 aliphatic rings. The Morgan fingerprint density at radius 2 is 1.81 bits per heavy atom. The lowest BCUT2D eigenvalue weighted by atomic mass is 9.99. The van der Waals surface area contributed by atoms with Crippen molar-refractivity contribution in [3.05, 3.63) is 55.0 Å². The summed E-state index contributed by atoms with van der Waals surface area (Å²) in [5.74, 6) is 0.419. The Hall–Kier alpha value is -2.11. The lowest BCUT2D eigenvalue weighted by Crippen LogP contribution is -2.48. The van der Waals surface area contributed by atoms with Crippen LogP contribution in [-0.4, -0.2) is 48.2 Å². The summed E-state index contributed by atoms with van der Waals surface area (Å²) in [6.07, 6.45) is 7.65. The first kappa shape index (κ1) is 27.9. The number of likely N-dealkylation sites (tertiary alicyclic amines) is 1. The average Bonchev–Trinajstić information content (AvgIpc) is 2.80. The topological polar surface area (TPSA) is 53.0 Å². The van der Waals surface area contributed by atoms with Crippen LogP contribution in [0.15, 0.2) is 49.4 Å². The molecule has 0 bridgehead atoms. The zero-order chi connectivity index (χ0) is 23.9. The molecular formula is C27H44N2O3. The number of hydrogen-bond donors (Lipinski definition) is 1. The number of unbranched alkanes of at least 4 members (excludes halogenated alkanes) is 1. The normalized spacial score (nSPS) is 15.3. The van der Waals surface area contributed by atoms with E-state index in [1.54, 1.807) is 0 Å². The highest BCUT2D eigenvalue weighted by Crippen LogP contribution is 2.26. The predicted molar refractivity (Wildman–Crippen MR) is 135 cm³/mol. The van der Waals surface area contributed by atoms with Gasteiger partial charge in [-0.2, -0.15) is 0 Å². The molecule has 1 unspecified atom stereocenters. The summed E-state index contributed by atoms with van der Waals surface area (Å²) in [4.78, 5) is 17.3. The zero-order valence-electron chi connectivity index (χ0n) is 20.7. The number of anilines is 1. The van der Waals surface area contributed by atoms with E-state index in [9.17, 15) is 4.79 Å². The standard InChI is InChI=1S/C23H34N2O3.C4H10/c1-5-28-20(4)23(27)25(21-8-6-18(2)7-9-21)22-11-15-24(16-12-22)14-10-19(3)13-17-26;1-3-4-2/h5-9,19,22,26H,1,4,10-17H2,2-3H3;3-4H2,1-2H3. The number of carbonyl (C=O) groups is 1. The van der Waals surface area contributed by atoms with E-state index in [4.69, 9.17) is 9.84 Å². The van der Waals surface area contributed by atoms with E-state index in [0.717, 1.165) is 56.6 Å². The minimum atomic E-state index is -0.209. The molecule has 1 fully saturated rings. The van der Waals surface area contributed by atoms with E-state index >= 15 is 0 Å². The quantitative estimate of drug-likeness (QED) is 0.352. The van der Waals surface area contributed by atoms with Crippen molar-refractivity contribution >= 4 is 11.6 Å². The molecule has 2 rings (SSSR count). The third-order valence-corrected chi connectivity index (χ3v) is 5.98. The summed E-state index contributed by atoms with van der Waals surface area (Å²) >= 11 is 0. The monoisotopic (exact) mass is 444 g/mol. The number of carbonyl (C=O) groups excluding carboxylic acids is 1. The zero-order valence-corrected chi connectivity index (χ0v) is 20.7. The molecule has 0 radical (unpaired) electrons. The SMILES string of the molecule is C=COC(=C)C(=O)N(c1ccc(C)cc1)C1CCN(CCC(C)CCO)CC1.CCCC. The highest BCUT2D eigenvalue weighted by Gasteiger charge is 2.31. The average molecular weight is 445 g/mol. The van der Waals surface area contributed by atoms with E-state index in [1.165, 1.54) is 19.1 Å². The van der Waals surface area contributed by atoms with Crippen LogP contribution in [0.4, 0.5) is 5.69 Å². The van der Waals surface area contributed by atoms with Crippen molar-refractivity contribution < 1.29 is 14.6 Å². The van der Waals surface area contributed by atoms with E-state index in [0.29, 0.717) is 5.92 Å². The molecule has 32 heavy (non-hydrogen) atoms. The van der Waals surface area contributed by atoms with E-state index in [-0.39, 0.29) is 24.3 Å². The molecule has 1 amide bonds. The molecule has 1 saturated heterocycles. The lowest BCUT2D eigenvalue weighted by molar-refractivity contribution is -0.118. The van der Waals surface area contributed by atoms with Gasteiger partial charge in [0.1, 0.15) is 0 Å². The van der Waals surface area contributed by atoms with Gasteiger partial charge in [0, 0.05) is 31.4 Å². The first-order valence-electron chi connectivity index (χ1n) is 12.1. The number of nitrogens with zero attached hydrogens (tertiary/aromatic N) is 2. The maximum atomic E-state index is 13.0. The van der Waals surface area contributed by atoms with Crippen LogP contribution < -0.4 is 4.90 Å². The van der Waals surface area contributed by atoms with Gasteiger partial charge in [-0.3, -0.25) is 4.79 Å². The molecule has 1 atom stereocenters. The summed E-state index contributed by atoms with van der Waals surface area (Å²) in [6, 6.07) is 8.12. The molecule has 0 aliphatic carbocycles. The molecule has 5 nitrogen and oxygen atoms in total. The minimum absolute atomic E-state index is 0.0934. The third-order valence-electron chi connectivity index (χ3n) is 5.98. The van der Waals surface area contributed by atoms with Gasteiger partial charge < -0.3 is 19.6 Å². The highest BCUT2D eigenvalue weighted by atomic mass is 16.5. The Balaban J connectivity index is 0.00000118. The summed E-state index contributed by atoms with van der Waals surface area (Å²) in [5, 5.41) is 9.06. The maximum absolute atomic E-state index is 13.0. The van der Waals surface area contributed by atoms with Gasteiger partial charge in [-0.25, -0.2) is 0 Å². The first-order chi connectivity index (χ1) is 15.4. The fourth-order valence-corrected chi connectivity index (χ4v) is 3.65. The molecule has 1 aliphatic heterocycles. The summed E-state index contributed by atoms with van der Waals surface area (Å²) < 4.78 is 5.18. The van der Waals surface area contributed by atoms with Crippen LogP contribution in [0.5, 0.6) is 0 Å². The molecule has 1 aromatic carbocycles. The van der Waals surface area contributed by atoms with Gasteiger partial charge in [0.15, 0.2) is 5.76 Å². The summed E-state index contributed by atoms with van der Waals surface area (Å²) in [6.45, 7) is 19.1. The third kappa shape index (κ3) is 9.58. The minimum Gasteiger partial charge on any atom is -0.460 e. The van der Waals surface area contributed by atoms with Crippen molar-refractivity contribution in [2.24, 2.45) is 5.92 Å². The van der Waals surface area contributed by atoms with Crippen molar-refractivity contribution in [1.29, 1.82) is 0 Å². The molecule has 0 aromatic heterocycles. The Morgan fingerprint density at radius 3 is 2.31 bits per heavy atom. The molecule has 1 aromatic rings. The number of rotatable bonds is 11. The van der Waals surface area contributed by atoms with Gasteiger partial charge in [-0.1, -0.05) is 64.5 Å². The molecule has 5 heteroatoms. The number of aliphatic hydroxyl groups excluding tert-OH is 1. The largest absolute Gasteiger partial charge is 0.460 e. The van der Waals surface area contributed by atoms with Crippen LogP contribution in [0.2, 0.25) is 0 Å². The predicted octanol–water partition coefficient (Wildman–Crippen LogP) is 5.68. The number of piperidine rings is 1. The Labute approximate surface area is 195 Å². The summed E-state index contributed by atoms with van der Waals surface area (Å²) in [5.41, 5.74) is 2.03. The van der Waals surface area contributed by atoms with Crippen LogP contribution in [0.25, 0.3) is 0 Å². The number of aliphatic hydroxyl groups is 1. The van der Waals surface area contributed by atoms with Gasteiger partial charge in [0.05, 0.1) is 6.26 Å². The fourth-order valence-electron chi connectivity index (χ4n) is 3.65. The van der Waals surface area contributed by atoms with Gasteiger partial charge >= 0.3 is 0 Å². The molecular weight excluding hydrogens is 400 g/mol. The second-order valence-corrected chi connectivity index (χ2v) is 8.70. The number of benzene rings is 1. The molecule has 1 heterocycles. The van der Waals surface area contributed by atoms with Crippen LogP contribution in [0.1, 0.15) is 64.9 Å². The molecule has 1 N–H and O–H groups in total. The van der Waals surface area contributed by atoms with Crippen LogP contribution in [-0.2, 0) is 9.53 Å². The Bertz CT molecular complexity index is 677. The number of ether oxygens (including phenoxy) is 1. The van der Waals surface area contributed by atoms with Crippen LogP contribution in [0, 0.1) is 12.8 Å². The van der Waals surface area contributed by atoms with Gasteiger partial charge in [-0.15, -0.1) is 0 Å². The van der Waals surface area contributed by atoms with Crippen LogP contribution in [0.3, 0.4) is 0 Å². The number of amides is 1. The van der Waals surface area contributed by atoms with E-state index in [1.807, 2.05) is 36.1 Å². The Morgan fingerprint density at radius 1 is 1.22 bits per heavy atom. The molecule has 180 valence electrons. The smallest absolute Gasteiger partial charge is 0.293 e. The van der Waals surface area contributed by atoms with Gasteiger partial charge in [0.2, 0.25) is 0 Å². The first-order valence-corrected chi connectivity index (χ1v) is 12.1. The van der Waals surface area contributed by atoms with Gasteiger partial charge in [-0.05, 0) is 57.2 Å². The maximum Gasteiger partial charge on any atom is 0.293 e. The van der Waals surface area contributed by atoms with Crippen molar-refractivity contribution in [3.8, 4) is 0 Å². The molecule has 0 saturated carbocycles. The number of aryl methyl sites for hydroxylation is 1. The van der Waals surface area contributed by atoms with Crippen molar-refractivity contribution in [1.82, 2.24) is 4.90 Å². The van der Waals surface area contributed by atoms with E-state index in [2.05, 4.69) is 38.8 Å². The van der Waals surface area contributed by atoms with E-state index < -0.39 is 0 Å². The highest BCUT2D eigenvalue weighted by molar-refractivity contribution is 6.04. The Kier molecular flexibility index (Phi) is 13.7. The van der Waals surface area contributed by atoms with Crippen molar-refractivity contribution in [3.63, 3.8) is 0 Å². The van der Waals surface area contributed by atoms with Crippen molar-refractivity contribution in [2.75, 3.05) is 31.1 Å². The second kappa shape index (κ2) is 15.7. The number of hydrogen-bond acceptors (Lipinski definition) is 4. The van der Waals surface area contributed by atoms with Crippen LogP contribution >= 0.6 is 0 Å². The molecule has 0 spiro atoms. The lowest BCUT2D eigenvalue weighted by Gasteiger charge is -2.39.